The number of nitrogens with one attached hydrogen (secondary N) is 1. The highest BCUT2D eigenvalue weighted by Crippen LogP contribution is 2.31. The number of thiazole rings is 1. The van der Waals surface area contributed by atoms with Crippen molar-refractivity contribution in [2.45, 2.75) is 11.8 Å². The molecular formula is C15H14N2O2S3. The minimum Gasteiger partial charge on any atom is -0.494 e. The van der Waals surface area contributed by atoms with Gasteiger partial charge >= 0.3 is 0 Å². The zero-order valence-corrected chi connectivity index (χ0v) is 14.5. The SMILES string of the molecule is CCOc1ccc2nc(NC(=O)c3sccc3SC)sc2c1. The summed E-state index contributed by atoms with van der Waals surface area (Å²) in [6.07, 6.45) is 1.96. The molecule has 0 aliphatic heterocycles. The number of aromatic nitrogens is 1. The summed E-state index contributed by atoms with van der Waals surface area (Å²) in [7, 11) is 0. The molecule has 7 heteroatoms. The average molecular weight is 350 g/mol. The van der Waals surface area contributed by atoms with Crippen LogP contribution >= 0.6 is 34.4 Å². The molecule has 0 aliphatic rings. The van der Waals surface area contributed by atoms with Gasteiger partial charge in [-0.15, -0.1) is 23.1 Å². The Hall–Kier alpha value is -1.57. The lowest BCUT2D eigenvalue weighted by Gasteiger charge is -2.00. The molecule has 0 aliphatic carbocycles. The van der Waals surface area contributed by atoms with Gasteiger partial charge in [-0.25, -0.2) is 4.98 Å². The third-order valence-electron chi connectivity index (χ3n) is 2.95. The van der Waals surface area contributed by atoms with E-state index in [-0.39, 0.29) is 5.91 Å². The molecule has 0 radical (unpaired) electrons. The number of fused-ring (bicyclic) bond motifs is 1. The zero-order chi connectivity index (χ0) is 15.5. The van der Waals surface area contributed by atoms with Gasteiger partial charge in [-0.1, -0.05) is 11.3 Å². The van der Waals surface area contributed by atoms with Gasteiger partial charge in [-0.3, -0.25) is 10.1 Å². The van der Waals surface area contributed by atoms with Crippen molar-refractivity contribution in [3.8, 4) is 5.75 Å². The fourth-order valence-corrected chi connectivity index (χ4v) is 4.53. The standard InChI is InChI=1S/C15H14N2O2S3/c1-3-19-9-4-5-10-12(8-9)22-15(16-10)17-14(18)13-11(20-2)6-7-21-13/h4-8H,3H2,1-2H3,(H,16,17,18). The fourth-order valence-electron chi connectivity index (χ4n) is 1.99. The second-order valence-electron chi connectivity index (χ2n) is 4.35. The molecule has 0 spiro atoms. The van der Waals surface area contributed by atoms with Crippen LogP contribution in [0.2, 0.25) is 0 Å². The molecule has 0 saturated heterocycles. The number of nitrogens with zero attached hydrogens (tertiary/aromatic N) is 1. The van der Waals surface area contributed by atoms with E-state index in [1.807, 2.05) is 42.8 Å². The summed E-state index contributed by atoms with van der Waals surface area (Å²) in [5, 5.41) is 5.41. The molecule has 0 unspecified atom stereocenters. The minimum absolute atomic E-state index is 0.108. The van der Waals surface area contributed by atoms with Crippen LogP contribution in [0.4, 0.5) is 5.13 Å². The molecule has 2 heterocycles. The lowest BCUT2D eigenvalue weighted by Crippen LogP contribution is -2.10. The van der Waals surface area contributed by atoms with E-state index in [1.165, 1.54) is 22.7 Å². The van der Waals surface area contributed by atoms with Crippen LogP contribution in [0.25, 0.3) is 10.2 Å². The summed E-state index contributed by atoms with van der Waals surface area (Å²) in [4.78, 5) is 18.5. The van der Waals surface area contributed by atoms with Gasteiger partial charge in [0.15, 0.2) is 5.13 Å². The molecule has 1 N–H and O–H groups in total. The quantitative estimate of drug-likeness (QED) is 0.676. The van der Waals surface area contributed by atoms with Crippen molar-refractivity contribution < 1.29 is 9.53 Å². The molecule has 0 saturated carbocycles. The van der Waals surface area contributed by atoms with Crippen molar-refractivity contribution in [1.29, 1.82) is 0 Å². The summed E-state index contributed by atoms with van der Waals surface area (Å²) in [6, 6.07) is 7.70. The monoisotopic (exact) mass is 350 g/mol. The normalized spacial score (nSPS) is 10.8. The predicted octanol–water partition coefficient (Wildman–Crippen LogP) is 4.73. The molecule has 4 nitrogen and oxygen atoms in total. The number of ether oxygens (including phenoxy) is 1. The van der Waals surface area contributed by atoms with Gasteiger partial charge in [-0.05, 0) is 42.8 Å². The van der Waals surface area contributed by atoms with E-state index >= 15 is 0 Å². The molecular weight excluding hydrogens is 336 g/mol. The van der Waals surface area contributed by atoms with Gasteiger partial charge in [0.25, 0.3) is 5.91 Å². The van der Waals surface area contributed by atoms with E-state index < -0.39 is 0 Å². The number of hydrogen-bond donors (Lipinski definition) is 1. The molecule has 3 aromatic rings. The van der Waals surface area contributed by atoms with E-state index in [0.717, 1.165) is 25.7 Å². The maximum absolute atomic E-state index is 12.3. The van der Waals surface area contributed by atoms with E-state index in [2.05, 4.69) is 10.3 Å². The number of rotatable bonds is 5. The number of hydrogen-bond acceptors (Lipinski definition) is 6. The Morgan fingerprint density at radius 3 is 3.05 bits per heavy atom. The van der Waals surface area contributed by atoms with Crippen molar-refractivity contribution in [3.63, 3.8) is 0 Å². The van der Waals surface area contributed by atoms with Crippen molar-refractivity contribution >= 4 is 55.7 Å². The molecule has 1 amide bonds. The number of amides is 1. The Morgan fingerprint density at radius 2 is 2.27 bits per heavy atom. The van der Waals surface area contributed by atoms with Gasteiger partial charge in [0, 0.05) is 4.90 Å². The molecule has 22 heavy (non-hydrogen) atoms. The number of thioether (sulfide) groups is 1. The summed E-state index contributed by atoms with van der Waals surface area (Å²) in [6.45, 7) is 2.58. The maximum atomic E-state index is 12.3. The third-order valence-corrected chi connectivity index (χ3v) is 5.70. The Kier molecular flexibility index (Phi) is 4.66. The zero-order valence-electron chi connectivity index (χ0n) is 12.1. The number of carbonyl (C=O) groups is 1. The van der Waals surface area contributed by atoms with Gasteiger partial charge in [0.2, 0.25) is 0 Å². The number of anilines is 1. The van der Waals surface area contributed by atoms with Crippen LogP contribution in [-0.4, -0.2) is 23.8 Å². The highest BCUT2D eigenvalue weighted by atomic mass is 32.2. The van der Waals surface area contributed by atoms with Crippen molar-refractivity contribution in [2.24, 2.45) is 0 Å². The van der Waals surface area contributed by atoms with Crippen LogP contribution in [-0.2, 0) is 0 Å². The summed E-state index contributed by atoms with van der Waals surface area (Å²) in [5.41, 5.74) is 0.861. The highest BCUT2D eigenvalue weighted by molar-refractivity contribution is 7.98. The summed E-state index contributed by atoms with van der Waals surface area (Å²) in [5.74, 6) is 0.711. The second-order valence-corrected chi connectivity index (χ2v) is 7.15. The number of thiophene rings is 1. The molecule has 114 valence electrons. The molecule has 0 atom stereocenters. The van der Waals surface area contributed by atoms with Gasteiger partial charge < -0.3 is 4.74 Å². The third kappa shape index (κ3) is 3.11. The first-order valence-electron chi connectivity index (χ1n) is 6.67. The van der Waals surface area contributed by atoms with Gasteiger partial charge in [0.1, 0.15) is 10.6 Å². The first kappa shape index (κ1) is 15.3. The van der Waals surface area contributed by atoms with E-state index in [4.69, 9.17) is 4.74 Å². The molecule has 2 aromatic heterocycles. The number of carbonyl (C=O) groups excluding carboxylic acids is 1. The molecule has 1 aromatic carbocycles. The average Bonchev–Trinajstić information content (AvgIpc) is 3.12. The minimum atomic E-state index is -0.108. The summed E-state index contributed by atoms with van der Waals surface area (Å²) < 4.78 is 6.48. The highest BCUT2D eigenvalue weighted by Gasteiger charge is 2.15. The van der Waals surface area contributed by atoms with E-state index in [0.29, 0.717) is 11.7 Å². The van der Waals surface area contributed by atoms with Crippen LogP contribution in [0.3, 0.4) is 0 Å². The fraction of sp³-hybridized carbons (Fsp3) is 0.200. The van der Waals surface area contributed by atoms with Crippen LogP contribution in [0.15, 0.2) is 34.5 Å². The number of benzene rings is 1. The predicted molar refractivity (Wildman–Crippen MR) is 94.8 cm³/mol. The van der Waals surface area contributed by atoms with Crippen molar-refractivity contribution in [2.75, 3.05) is 18.2 Å². The first-order chi connectivity index (χ1) is 10.7. The van der Waals surface area contributed by atoms with Crippen molar-refractivity contribution in [1.82, 2.24) is 4.98 Å². The van der Waals surface area contributed by atoms with Gasteiger partial charge in [0.05, 0.1) is 16.8 Å². The van der Waals surface area contributed by atoms with Crippen LogP contribution in [0.5, 0.6) is 5.75 Å². The molecule has 0 bridgehead atoms. The first-order valence-corrected chi connectivity index (χ1v) is 9.59. The Labute approximate surface area is 140 Å². The summed E-state index contributed by atoms with van der Waals surface area (Å²) >= 11 is 4.46. The van der Waals surface area contributed by atoms with Crippen molar-refractivity contribution in [3.05, 3.63) is 34.5 Å². The molecule has 3 rings (SSSR count). The lowest BCUT2D eigenvalue weighted by atomic mass is 10.3. The second kappa shape index (κ2) is 6.68. The topological polar surface area (TPSA) is 51.2 Å². The Balaban J connectivity index is 1.83. The maximum Gasteiger partial charge on any atom is 0.268 e. The largest absolute Gasteiger partial charge is 0.494 e. The molecule has 0 fully saturated rings. The Morgan fingerprint density at radius 1 is 1.41 bits per heavy atom. The smallest absolute Gasteiger partial charge is 0.268 e. The Bertz CT molecular complexity index is 810. The lowest BCUT2D eigenvalue weighted by molar-refractivity contribution is 0.102. The van der Waals surface area contributed by atoms with E-state index in [1.54, 1.807) is 11.8 Å². The van der Waals surface area contributed by atoms with Crippen LogP contribution < -0.4 is 10.1 Å². The van der Waals surface area contributed by atoms with Crippen LogP contribution in [0.1, 0.15) is 16.6 Å². The van der Waals surface area contributed by atoms with Crippen LogP contribution in [0, 0.1) is 0 Å². The van der Waals surface area contributed by atoms with E-state index in [9.17, 15) is 4.79 Å². The van der Waals surface area contributed by atoms with Gasteiger partial charge in [-0.2, -0.15) is 0 Å².